The van der Waals surface area contributed by atoms with Crippen LogP contribution in [0, 0.1) is 5.92 Å². The zero-order valence-corrected chi connectivity index (χ0v) is 14.4. The summed E-state index contributed by atoms with van der Waals surface area (Å²) in [5.74, 6) is 0.236. The molecule has 0 saturated carbocycles. The number of carbonyl (C=O) groups excluding carboxylic acids is 1. The second-order valence-corrected chi connectivity index (χ2v) is 6.40. The SMILES string of the molecule is CN(CCc1ccccn1)C(=O)C1CCN(c2cn[nH]c(=O)c2)CC1. The molecule has 7 nitrogen and oxygen atoms in total. The zero-order valence-electron chi connectivity index (χ0n) is 14.4. The fourth-order valence-corrected chi connectivity index (χ4v) is 3.17. The summed E-state index contributed by atoms with van der Waals surface area (Å²) in [5.41, 5.74) is 1.61. The van der Waals surface area contributed by atoms with Gasteiger partial charge in [-0.3, -0.25) is 14.6 Å². The van der Waals surface area contributed by atoms with E-state index in [-0.39, 0.29) is 17.4 Å². The van der Waals surface area contributed by atoms with Crippen molar-refractivity contribution in [2.45, 2.75) is 19.3 Å². The number of amides is 1. The second-order valence-electron chi connectivity index (χ2n) is 6.40. The predicted molar refractivity (Wildman–Crippen MR) is 95.4 cm³/mol. The van der Waals surface area contributed by atoms with E-state index >= 15 is 0 Å². The maximum atomic E-state index is 12.6. The summed E-state index contributed by atoms with van der Waals surface area (Å²) < 4.78 is 0. The van der Waals surface area contributed by atoms with Crippen LogP contribution in [-0.4, -0.2) is 52.7 Å². The van der Waals surface area contributed by atoms with Gasteiger partial charge in [0.1, 0.15) is 0 Å². The minimum absolute atomic E-state index is 0.0416. The van der Waals surface area contributed by atoms with E-state index in [0.29, 0.717) is 6.54 Å². The minimum Gasteiger partial charge on any atom is -0.370 e. The van der Waals surface area contributed by atoms with Crippen LogP contribution in [0.5, 0.6) is 0 Å². The standard InChI is InChI=1S/C18H23N5O2/c1-22(9-7-15-4-2-3-8-19-15)18(25)14-5-10-23(11-6-14)16-12-17(24)21-20-13-16/h2-4,8,12-14H,5-7,9-11H2,1H3,(H,21,24). The fourth-order valence-electron chi connectivity index (χ4n) is 3.17. The van der Waals surface area contributed by atoms with Crippen LogP contribution in [0.4, 0.5) is 5.69 Å². The van der Waals surface area contributed by atoms with E-state index in [1.807, 2.05) is 30.1 Å². The van der Waals surface area contributed by atoms with Crippen molar-refractivity contribution in [3.05, 3.63) is 52.7 Å². The molecule has 2 aromatic heterocycles. The molecule has 1 aliphatic heterocycles. The van der Waals surface area contributed by atoms with Crippen molar-refractivity contribution < 1.29 is 4.79 Å². The number of hydrogen-bond acceptors (Lipinski definition) is 5. The third-order valence-electron chi connectivity index (χ3n) is 4.67. The molecule has 3 rings (SSSR count). The van der Waals surface area contributed by atoms with E-state index < -0.39 is 0 Å². The highest BCUT2D eigenvalue weighted by Gasteiger charge is 2.27. The lowest BCUT2D eigenvalue weighted by atomic mass is 9.95. The minimum atomic E-state index is -0.204. The third-order valence-corrected chi connectivity index (χ3v) is 4.67. The molecular weight excluding hydrogens is 318 g/mol. The van der Waals surface area contributed by atoms with Crippen LogP contribution in [-0.2, 0) is 11.2 Å². The molecule has 1 aliphatic rings. The summed E-state index contributed by atoms with van der Waals surface area (Å²) >= 11 is 0. The quantitative estimate of drug-likeness (QED) is 0.880. The Morgan fingerprint density at radius 3 is 2.84 bits per heavy atom. The van der Waals surface area contributed by atoms with E-state index in [2.05, 4.69) is 20.1 Å². The smallest absolute Gasteiger partial charge is 0.266 e. The van der Waals surface area contributed by atoms with Gasteiger partial charge in [-0.15, -0.1) is 0 Å². The Balaban J connectivity index is 1.50. The van der Waals surface area contributed by atoms with Gasteiger partial charge < -0.3 is 9.80 Å². The van der Waals surface area contributed by atoms with Gasteiger partial charge in [0.2, 0.25) is 5.91 Å². The van der Waals surface area contributed by atoms with Crippen molar-refractivity contribution in [1.82, 2.24) is 20.1 Å². The molecule has 7 heteroatoms. The molecule has 0 aliphatic carbocycles. The molecule has 132 valence electrons. The molecule has 0 aromatic carbocycles. The Hall–Kier alpha value is -2.70. The highest BCUT2D eigenvalue weighted by molar-refractivity contribution is 5.79. The van der Waals surface area contributed by atoms with E-state index in [1.54, 1.807) is 18.5 Å². The predicted octanol–water partition coefficient (Wildman–Crippen LogP) is 1.08. The number of aromatic nitrogens is 3. The molecule has 25 heavy (non-hydrogen) atoms. The van der Waals surface area contributed by atoms with E-state index in [4.69, 9.17) is 0 Å². The first kappa shape index (κ1) is 17.1. The van der Waals surface area contributed by atoms with E-state index in [0.717, 1.165) is 43.7 Å². The monoisotopic (exact) mass is 341 g/mol. The van der Waals surface area contributed by atoms with E-state index in [9.17, 15) is 9.59 Å². The molecule has 1 amide bonds. The Morgan fingerprint density at radius 2 is 2.16 bits per heavy atom. The lowest BCUT2D eigenvalue weighted by Crippen LogP contribution is -2.42. The molecule has 0 radical (unpaired) electrons. The Bertz CT molecular complexity index is 753. The first-order chi connectivity index (χ1) is 12.1. The summed E-state index contributed by atoms with van der Waals surface area (Å²) in [4.78, 5) is 32.2. The van der Waals surface area contributed by atoms with Crippen molar-refractivity contribution >= 4 is 11.6 Å². The van der Waals surface area contributed by atoms with Gasteiger partial charge in [-0.1, -0.05) is 6.07 Å². The van der Waals surface area contributed by atoms with Gasteiger partial charge in [-0.25, -0.2) is 5.10 Å². The zero-order chi connectivity index (χ0) is 17.6. The average molecular weight is 341 g/mol. The largest absolute Gasteiger partial charge is 0.370 e. The van der Waals surface area contributed by atoms with Crippen molar-refractivity contribution in [3.63, 3.8) is 0 Å². The van der Waals surface area contributed by atoms with Crippen molar-refractivity contribution in [1.29, 1.82) is 0 Å². The maximum Gasteiger partial charge on any atom is 0.266 e. The second kappa shape index (κ2) is 7.92. The van der Waals surface area contributed by atoms with E-state index in [1.165, 1.54) is 0 Å². The van der Waals surface area contributed by atoms with Gasteiger partial charge in [0.25, 0.3) is 5.56 Å². The molecule has 2 aromatic rings. The van der Waals surface area contributed by atoms with Crippen LogP contribution in [0.3, 0.4) is 0 Å². The number of likely N-dealkylation sites (N-methyl/N-ethyl adjacent to an activating group) is 1. The molecule has 0 bridgehead atoms. The van der Waals surface area contributed by atoms with Gasteiger partial charge in [0, 0.05) is 57.0 Å². The fraction of sp³-hybridized carbons (Fsp3) is 0.444. The van der Waals surface area contributed by atoms with Crippen LogP contribution >= 0.6 is 0 Å². The lowest BCUT2D eigenvalue weighted by Gasteiger charge is -2.34. The van der Waals surface area contributed by atoms with Gasteiger partial charge in [0.05, 0.1) is 11.9 Å². The van der Waals surface area contributed by atoms with Crippen LogP contribution < -0.4 is 10.5 Å². The summed E-state index contributed by atoms with van der Waals surface area (Å²) in [7, 11) is 1.86. The normalized spacial score (nSPS) is 15.2. The number of carbonyl (C=O) groups is 1. The first-order valence-corrected chi connectivity index (χ1v) is 8.58. The van der Waals surface area contributed by atoms with Crippen molar-refractivity contribution in [2.24, 2.45) is 5.92 Å². The summed E-state index contributed by atoms with van der Waals surface area (Å²) in [6.45, 7) is 2.19. The molecule has 0 atom stereocenters. The lowest BCUT2D eigenvalue weighted by molar-refractivity contribution is -0.134. The number of hydrogen-bond donors (Lipinski definition) is 1. The summed E-state index contributed by atoms with van der Waals surface area (Å²) in [6, 6.07) is 7.38. The molecule has 1 fully saturated rings. The molecule has 1 saturated heterocycles. The molecule has 1 N–H and O–H groups in total. The maximum absolute atomic E-state index is 12.6. The topological polar surface area (TPSA) is 82.2 Å². The number of rotatable bonds is 5. The first-order valence-electron chi connectivity index (χ1n) is 8.58. The number of nitrogens with zero attached hydrogens (tertiary/aromatic N) is 4. The molecular formula is C18H23N5O2. The number of nitrogens with one attached hydrogen (secondary N) is 1. The average Bonchev–Trinajstić information content (AvgIpc) is 2.66. The van der Waals surface area contributed by atoms with Gasteiger partial charge in [-0.2, -0.15) is 5.10 Å². The van der Waals surface area contributed by atoms with Crippen molar-refractivity contribution in [2.75, 3.05) is 31.6 Å². The van der Waals surface area contributed by atoms with Crippen LogP contribution in [0.1, 0.15) is 18.5 Å². The Kier molecular flexibility index (Phi) is 5.42. The summed E-state index contributed by atoms with van der Waals surface area (Å²) in [5, 5.41) is 6.22. The van der Waals surface area contributed by atoms with Crippen LogP contribution in [0.2, 0.25) is 0 Å². The van der Waals surface area contributed by atoms with Gasteiger partial charge in [-0.05, 0) is 25.0 Å². The number of piperidine rings is 1. The van der Waals surface area contributed by atoms with Crippen molar-refractivity contribution in [3.8, 4) is 0 Å². The van der Waals surface area contributed by atoms with Gasteiger partial charge >= 0.3 is 0 Å². The number of H-pyrrole nitrogens is 1. The highest BCUT2D eigenvalue weighted by atomic mass is 16.2. The van der Waals surface area contributed by atoms with Crippen LogP contribution in [0.25, 0.3) is 0 Å². The highest BCUT2D eigenvalue weighted by Crippen LogP contribution is 2.23. The Labute approximate surface area is 146 Å². The molecule has 3 heterocycles. The Morgan fingerprint density at radius 1 is 1.36 bits per heavy atom. The number of pyridine rings is 1. The third kappa shape index (κ3) is 4.43. The van der Waals surface area contributed by atoms with Gasteiger partial charge in [0.15, 0.2) is 0 Å². The van der Waals surface area contributed by atoms with Crippen LogP contribution in [0.15, 0.2) is 41.5 Å². The summed E-state index contributed by atoms with van der Waals surface area (Å²) in [6.07, 6.45) is 5.78. The number of anilines is 1. The number of aromatic amines is 1. The molecule has 0 spiro atoms. The molecule has 0 unspecified atom stereocenters.